The smallest absolute Gasteiger partial charge is 0.0226 e. The Morgan fingerprint density at radius 1 is 1.50 bits per heavy atom. The molecule has 1 unspecified atom stereocenters. The molecule has 72 valence electrons. The predicted octanol–water partition coefficient (Wildman–Crippen LogP) is 2.81. The maximum atomic E-state index is 5.67. The van der Waals surface area contributed by atoms with Crippen molar-refractivity contribution in [3.63, 3.8) is 0 Å². The minimum Gasteiger partial charge on any atom is -0.313 e. The van der Waals surface area contributed by atoms with E-state index in [0.29, 0.717) is 0 Å². The minimum absolute atomic E-state index is 0.743. The van der Waals surface area contributed by atoms with Gasteiger partial charge in [0, 0.05) is 12.4 Å². The molecule has 0 aliphatic carbocycles. The Kier molecular flexibility index (Phi) is 9.07. The van der Waals surface area contributed by atoms with Crippen molar-refractivity contribution >= 4 is 11.6 Å². The molecule has 0 saturated carbocycles. The summed E-state index contributed by atoms with van der Waals surface area (Å²) in [5.41, 5.74) is 0. The van der Waals surface area contributed by atoms with Crippen molar-refractivity contribution in [3.8, 4) is 0 Å². The molecule has 1 N–H and O–H groups in total. The zero-order chi connectivity index (χ0) is 9.23. The third-order valence-corrected chi connectivity index (χ3v) is 2.24. The molecule has 0 aromatic rings. The zero-order valence-electron chi connectivity index (χ0n) is 8.15. The summed E-state index contributed by atoms with van der Waals surface area (Å²) in [6.07, 6.45) is 6.54. The van der Waals surface area contributed by atoms with Crippen LogP contribution < -0.4 is 5.32 Å². The van der Waals surface area contributed by atoms with Crippen molar-refractivity contribution in [2.75, 3.05) is 19.0 Å². The van der Waals surface area contributed by atoms with E-state index in [4.69, 9.17) is 11.6 Å². The molecule has 0 aromatic heterocycles. The van der Waals surface area contributed by atoms with Crippen LogP contribution in [0.3, 0.4) is 0 Å². The van der Waals surface area contributed by atoms with E-state index in [9.17, 15) is 0 Å². The number of nitrogens with one attached hydrogen (secondary N) is 1. The van der Waals surface area contributed by atoms with Gasteiger partial charge >= 0.3 is 0 Å². The van der Waals surface area contributed by atoms with Crippen LogP contribution in [0.5, 0.6) is 0 Å². The van der Waals surface area contributed by atoms with Crippen LogP contribution in [0.4, 0.5) is 0 Å². The molecular formula is C10H20ClN. The number of hydrogen-bond donors (Lipinski definition) is 1. The lowest BCUT2D eigenvalue weighted by Gasteiger charge is -2.12. The molecule has 0 aliphatic rings. The summed E-state index contributed by atoms with van der Waals surface area (Å²) < 4.78 is 0. The first-order valence-electron chi connectivity index (χ1n) is 4.73. The molecule has 12 heavy (non-hydrogen) atoms. The van der Waals surface area contributed by atoms with E-state index in [1.165, 1.54) is 6.42 Å². The molecule has 0 spiro atoms. The molecule has 0 bridgehead atoms. The van der Waals surface area contributed by atoms with Crippen molar-refractivity contribution in [2.45, 2.75) is 26.7 Å². The SMILES string of the molecule is C/C=C/CNCC(CC)CCCl. The Labute approximate surface area is 81.2 Å². The van der Waals surface area contributed by atoms with Gasteiger partial charge in [0.25, 0.3) is 0 Å². The number of alkyl halides is 1. The molecule has 1 atom stereocenters. The van der Waals surface area contributed by atoms with Crippen LogP contribution in [0.1, 0.15) is 26.7 Å². The summed E-state index contributed by atoms with van der Waals surface area (Å²) in [5, 5.41) is 3.38. The fourth-order valence-electron chi connectivity index (χ4n) is 1.09. The first-order valence-corrected chi connectivity index (χ1v) is 5.26. The Bertz CT molecular complexity index is 112. The highest BCUT2D eigenvalue weighted by molar-refractivity contribution is 6.17. The second-order valence-electron chi connectivity index (χ2n) is 2.98. The van der Waals surface area contributed by atoms with Crippen LogP contribution >= 0.6 is 11.6 Å². The lowest BCUT2D eigenvalue weighted by Crippen LogP contribution is -2.22. The van der Waals surface area contributed by atoms with Gasteiger partial charge in [0.15, 0.2) is 0 Å². The summed E-state index contributed by atoms with van der Waals surface area (Å²) in [7, 11) is 0. The maximum Gasteiger partial charge on any atom is 0.0226 e. The number of allylic oxidation sites excluding steroid dienone is 1. The van der Waals surface area contributed by atoms with Gasteiger partial charge in [-0.2, -0.15) is 0 Å². The van der Waals surface area contributed by atoms with E-state index in [0.717, 1.165) is 31.3 Å². The van der Waals surface area contributed by atoms with Gasteiger partial charge in [0.2, 0.25) is 0 Å². The predicted molar refractivity (Wildman–Crippen MR) is 56.8 cm³/mol. The van der Waals surface area contributed by atoms with Gasteiger partial charge in [0.05, 0.1) is 0 Å². The van der Waals surface area contributed by atoms with Gasteiger partial charge in [-0.05, 0) is 25.8 Å². The first kappa shape index (κ1) is 12.0. The number of rotatable bonds is 7. The number of hydrogen-bond acceptors (Lipinski definition) is 1. The van der Waals surface area contributed by atoms with Crippen LogP contribution in [0, 0.1) is 5.92 Å². The third-order valence-electron chi connectivity index (χ3n) is 2.03. The summed E-state index contributed by atoms with van der Waals surface area (Å²) in [6.45, 7) is 6.33. The fraction of sp³-hybridized carbons (Fsp3) is 0.800. The van der Waals surface area contributed by atoms with Gasteiger partial charge in [-0.15, -0.1) is 11.6 Å². The van der Waals surface area contributed by atoms with Crippen LogP contribution in [0.25, 0.3) is 0 Å². The molecule has 0 radical (unpaired) electrons. The maximum absolute atomic E-state index is 5.67. The van der Waals surface area contributed by atoms with Crippen LogP contribution in [-0.4, -0.2) is 19.0 Å². The van der Waals surface area contributed by atoms with Crippen molar-refractivity contribution in [3.05, 3.63) is 12.2 Å². The van der Waals surface area contributed by atoms with Crippen molar-refractivity contribution in [1.29, 1.82) is 0 Å². The number of halogens is 1. The molecule has 0 rings (SSSR count). The van der Waals surface area contributed by atoms with Crippen LogP contribution in [0.15, 0.2) is 12.2 Å². The summed E-state index contributed by atoms with van der Waals surface area (Å²) in [4.78, 5) is 0. The topological polar surface area (TPSA) is 12.0 Å². The fourth-order valence-corrected chi connectivity index (χ4v) is 1.40. The van der Waals surface area contributed by atoms with E-state index in [2.05, 4.69) is 24.4 Å². The molecule has 1 nitrogen and oxygen atoms in total. The lowest BCUT2D eigenvalue weighted by molar-refractivity contribution is 0.463. The molecule has 0 aliphatic heterocycles. The van der Waals surface area contributed by atoms with Gasteiger partial charge in [0.1, 0.15) is 0 Å². The standard InChI is InChI=1S/C10H20ClN/c1-3-5-8-12-9-10(4-2)6-7-11/h3,5,10,12H,4,6-9H2,1-2H3/b5-3+. The molecule has 0 saturated heterocycles. The summed E-state index contributed by atoms with van der Waals surface area (Å²) in [5.74, 6) is 1.52. The molecule has 2 heteroatoms. The lowest BCUT2D eigenvalue weighted by atomic mass is 10.0. The van der Waals surface area contributed by atoms with Crippen LogP contribution in [0.2, 0.25) is 0 Å². The van der Waals surface area contributed by atoms with Crippen molar-refractivity contribution in [2.24, 2.45) is 5.92 Å². The quantitative estimate of drug-likeness (QED) is 0.369. The highest BCUT2D eigenvalue weighted by atomic mass is 35.5. The van der Waals surface area contributed by atoms with Crippen molar-refractivity contribution < 1.29 is 0 Å². The van der Waals surface area contributed by atoms with E-state index < -0.39 is 0 Å². The Hall–Kier alpha value is -0.0100. The zero-order valence-corrected chi connectivity index (χ0v) is 8.90. The Balaban J connectivity index is 3.31. The molecule has 0 aromatic carbocycles. The van der Waals surface area contributed by atoms with E-state index in [1.807, 2.05) is 6.92 Å². The molecule has 0 amide bonds. The molecule has 0 heterocycles. The Morgan fingerprint density at radius 3 is 2.75 bits per heavy atom. The highest BCUT2D eigenvalue weighted by Crippen LogP contribution is 2.07. The van der Waals surface area contributed by atoms with Gasteiger partial charge in [-0.3, -0.25) is 0 Å². The average molecular weight is 190 g/mol. The molecular weight excluding hydrogens is 170 g/mol. The van der Waals surface area contributed by atoms with Gasteiger partial charge in [-0.1, -0.05) is 25.5 Å². The normalized spacial score (nSPS) is 13.9. The first-order chi connectivity index (χ1) is 5.85. The highest BCUT2D eigenvalue weighted by Gasteiger charge is 2.03. The van der Waals surface area contributed by atoms with E-state index >= 15 is 0 Å². The molecule has 0 fully saturated rings. The average Bonchev–Trinajstić information content (AvgIpc) is 2.10. The second kappa shape index (κ2) is 9.08. The van der Waals surface area contributed by atoms with E-state index in [1.54, 1.807) is 0 Å². The van der Waals surface area contributed by atoms with Gasteiger partial charge < -0.3 is 5.32 Å². The summed E-state index contributed by atoms with van der Waals surface area (Å²) >= 11 is 5.67. The van der Waals surface area contributed by atoms with Gasteiger partial charge in [-0.25, -0.2) is 0 Å². The van der Waals surface area contributed by atoms with E-state index in [-0.39, 0.29) is 0 Å². The van der Waals surface area contributed by atoms with Crippen LogP contribution in [-0.2, 0) is 0 Å². The second-order valence-corrected chi connectivity index (χ2v) is 3.36. The van der Waals surface area contributed by atoms with Crippen molar-refractivity contribution in [1.82, 2.24) is 5.32 Å². The largest absolute Gasteiger partial charge is 0.313 e. The summed E-state index contributed by atoms with van der Waals surface area (Å²) in [6, 6.07) is 0. The monoisotopic (exact) mass is 189 g/mol. The Morgan fingerprint density at radius 2 is 2.25 bits per heavy atom. The third kappa shape index (κ3) is 6.68. The minimum atomic E-state index is 0.743.